The average Bonchev–Trinajstić information content (AvgIpc) is 3.05. The number of hydrogen-bond donors (Lipinski definition) is 3. The Labute approximate surface area is 177 Å². The summed E-state index contributed by atoms with van der Waals surface area (Å²) in [7, 11) is 0. The minimum Gasteiger partial charge on any atom is -0.449 e. The van der Waals surface area contributed by atoms with Crippen LogP contribution in [0.2, 0.25) is 0 Å². The van der Waals surface area contributed by atoms with Gasteiger partial charge in [-0.2, -0.15) is 0 Å². The number of nitrogens with zero attached hydrogens (tertiary/aromatic N) is 2. The van der Waals surface area contributed by atoms with Gasteiger partial charge in [0.15, 0.2) is 0 Å². The van der Waals surface area contributed by atoms with Gasteiger partial charge in [-0.15, -0.1) is 0 Å². The molecule has 4 aromatic rings. The molecule has 0 atom stereocenters. The monoisotopic (exact) mass is 420 g/mol. The first-order valence-corrected chi connectivity index (χ1v) is 9.12. The van der Waals surface area contributed by atoms with Crippen LogP contribution < -0.4 is 15.8 Å². The zero-order valence-electron chi connectivity index (χ0n) is 16.3. The number of fused-ring (bicyclic) bond motifs is 1. The Kier molecular flexibility index (Phi) is 6.18. The van der Waals surface area contributed by atoms with Crippen LogP contribution >= 0.6 is 0 Å². The number of primary amides is 1. The molecule has 1 heterocycles. The van der Waals surface area contributed by atoms with Gasteiger partial charge in [-0.25, -0.2) is 14.6 Å². The van der Waals surface area contributed by atoms with Gasteiger partial charge in [0.25, 0.3) is 0 Å². The third-order valence-electron chi connectivity index (χ3n) is 4.58. The van der Waals surface area contributed by atoms with Gasteiger partial charge >= 0.3 is 12.2 Å². The van der Waals surface area contributed by atoms with Crippen LogP contribution in [-0.2, 0) is 6.54 Å². The molecule has 31 heavy (non-hydrogen) atoms. The number of carbonyl (C=O) groups excluding carboxylic acids is 1. The number of nitrogens with one attached hydrogen (secondary N) is 1. The van der Waals surface area contributed by atoms with E-state index in [1.165, 1.54) is 0 Å². The van der Waals surface area contributed by atoms with Crippen molar-refractivity contribution >= 4 is 29.2 Å². The van der Waals surface area contributed by atoms with E-state index in [2.05, 4.69) is 10.3 Å². The van der Waals surface area contributed by atoms with E-state index in [0.29, 0.717) is 18.1 Å². The second-order valence-electron chi connectivity index (χ2n) is 6.56. The highest BCUT2D eigenvalue weighted by molar-refractivity contribution is 5.89. The van der Waals surface area contributed by atoms with Gasteiger partial charge in [-0.1, -0.05) is 54.6 Å². The first kappa shape index (κ1) is 21.3. The molecular weight excluding hydrogens is 400 g/mol. The summed E-state index contributed by atoms with van der Waals surface area (Å²) < 4.78 is 6.74. The number of hydrogen-bond acceptors (Lipinski definition) is 4. The second-order valence-corrected chi connectivity index (χ2v) is 6.56. The van der Waals surface area contributed by atoms with E-state index < -0.39 is 12.2 Å². The third kappa shape index (κ3) is 4.62. The summed E-state index contributed by atoms with van der Waals surface area (Å²) in [5.41, 5.74) is 9.36. The molecule has 4 rings (SSSR count). The van der Waals surface area contributed by atoms with Crippen molar-refractivity contribution in [2.24, 2.45) is 5.73 Å². The highest BCUT2D eigenvalue weighted by atomic mass is 16.7. The SMILES string of the molecule is NC(=O)Nc1nc2ccccc2n1Cc1ccc(-c2ccccc2OC(=O)O)cc1.O. The van der Waals surface area contributed by atoms with Crippen LogP contribution in [-0.4, -0.2) is 32.3 Å². The lowest BCUT2D eigenvalue weighted by Gasteiger charge is -2.11. The number of aromatic nitrogens is 2. The van der Waals surface area contributed by atoms with Crippen molar-refractivity contribution in [2.45, 2.75) is 6.54 Å². The maximum atomic E-state index is 11.4. The second kappa shape index (κ2) is 8.97. The minimum absolute atomic E-state index is 0. The van der Waals surface area contributed by atoms with Crippen LogP contribution in [0.4, 0.5) is 15.5 Å². The van der Waals surface area contributed by atoms with Gasteiger partial charge in [0.1, 0.15) is 5.75 Å². The van der Waals surface area contributed by atoms with Gasteiger partial charge in [0.2, 0.25) is 5.95 Å². The highest BCUT2D eigenvalue weighted by Crippen LogP contribution is 2.30. The lowest BCUT2D eigenvalue weighted by Crippen LogP contribution is -2.22. The van der Waals surface area contributed by atoms with Crippen molar-refractivity contribution in [2.75, 3.05) is 5.32 Å². The van der Waals surface area contributed by atoms with Gasteiger partial charge in [0.05, 0.1) is 17.6 Å². The fourth-order valence-corrected chi connectivity index (χ4v) is 3.30. The lowest BCUT2D eigenvalue weighted by molar-refractivity contribution is 0.144. The molecule has 6 N–H and O–H groups in total. The van der Waals surface area contributed by atoms with Crippen molar-refractivity contribution in [1.29, 1.82) is 0 Å². The van der Waals surface area contributed by atoms with Crippen molar-refractivity contribution in [3.05, 3.63) is 78.4 Å². The number of ether oxygens (including phenoxy) is 1. The van der Waals surface area contributed by atoms with E-state index in [4.69, 9.17) is 15.6 Å². The number of carboxylic acid groups (broad SMARTS) is 1. The maximum absolute atomic E-state index is 11.4. The minimum atomic E-state index is -1.36. The number of amides is 2. The van der Waals surface area contributed by atoms with Crippen LogP contribution in [0, 0.1) is 0 Å². The maximum Gasteiger partial charge on any atom is 0.511 e. The molecule has 0 saturated heterocycles. The first-order valence-electron chi connectivity index (χ1n) is 9.12. The van der Waals surface area contributed by atoms with Crippen molar-refractivity contribution < 1.29 is 24.9 Å². The van der Waals surface area contributed by atoms with Gasteiger partial charge < -0.3 is 25.6 Å². The molecule has 9 heteroatoms. The van der Waals surface area contributed by atoms with E-state index in [0.717, 1.165) is 22.2 Å². The molecule has 158 valence electrons. The highest BCUT2D eigenvalue weighted by Gasteiger charge is 2.13. The molecule has 0 aliphatic carbocycles. The summed E-state index contributed by atoms with van der Waals surface area (Å²) in [6.45, 7) is 0.462. The summed E-state index contributed by atoms with van der Waals surface area (Å²) in [6, 6.07) is 21.4. The molecule has 9 nitrogen and oxygen atoms in total. The summed E-state index contributed by atoms with van der Waals surface area (Å²) in [4.78, 5) is 26.7. The number of para-hydroxylation sites is 3. The molecule has 0 aliphatic heterocycles. The van der Waals surface area contributed by atoms with Crippen LogP contribution in [0.25, 0.3) is 22.2 Å². The molecular formula is C22H20N4O5. The molecule has 1 aromatic heterocycles. The van der Waals surface area contributed by atoms with E-state index in [9.17, 15) is 9.59 Å². The molecule has 2 amide bonds. The predicted molar refractivity (Wildman–Crippen MR) is 116 cm³/mol. The Bertz CT molecular complexity index is 1230. The molecule has 0 saturated carbocycles. The van der Waals surface area contributed by atoms with Crippen molar-refractivity contribution in [1.82, 2.24) is 9.55 Å². The summed E-state index contributed by atoms with van der Waals surface area (Å²) in [5.74, 6) is 0.638. The Morgan fingerprint density at radius 3 is 2.39 bits per heavy atom. The zero-order valence-corrected chi connectivity index (χ0v) is 16.3. The topological polar surface area (TPSA) is 151 Å². The van der Waals surface area contributed by atoms with Crippen LogP contribution in [0.1, 0.15) is 5.56 Å². The zero-order chi connectivity index (χ0) is 21.1. The van der Waals surface area contributed by atoms with Crippen LogP contribution in [0.3, 0.4) is 0 Å². The molecule has 0 aliphatic rings. The third-order valence-corrected chi connectivity index (χ3v) is 4.58. The van der Waals surface area contributed by atoms with Gasteiger partial charge in [0, 0.05) is 5.56 Å². The van der Waals surface area contributed by atoms with Crippen LogP contribution in [0.5, 0.6) is 5.75 Å². The largest absolute Gasteiger partial charge is 0.511 e. The normalized spacial score (nSPS) is 10.3. The Morgan fingerprint density at radius 2 is 1.68 bits per heavy atom. The van der Waals surface area contributed by atoms with E-state index in [1.807, 2.05) is 59.2 Å². The van der Waals surface area contributed by atoms with Crippen LogP contribution in [0.15, 0.2) is 72.8 Å². The standard InChI is InChI=1S/C22H18N4O4.H2O/c23-20(27)25-21-24-17-6-2-3-7-18(17)26(21)13-14-9-11-15(12-10-14)16-5-1-4-8-19(16)30-22(28)29;/h1-12H,13H2,(H,28,29)(H3,23,24,25,27);1H2. The van der Waals surface area contributed by atoms with E-state index in [1.54, 1.807) is 18.2 Å². The number of anilines is 1. The van der Waals surface area contributed by atoms with Gasteiger partial charge in [-0.3, -0.25) is 5.32 Å². The lowest BCUT2D eigenvalue weighted by atomic mass is 10.0. The predicted octanol–water partition coefficient (Wildman–Crippen LogP) is 3.47. The molecule has 3 aromatic carbocycles. The van der Waals surface area contributed by atoms with E-state index in [-0.39, 0.29) is 11.2 Å². The Morgan fingerprint density at radius 1 is 1.00 bits per heavy atom. The van der Waals surface area contributed by atoms with E-state index >= 15 is 0 Å². The molecule has 0 bridgehead atoms. The summed E-state index contributed by atoms with van der Waals surface area (Å²) >= 11 is 0. The number of carbonyl (C=O) groups is 2. The van der Waals surface area contributed by atoms with Crippen molar-refractivity contribution in [3.63, 3.8) is 0 Å². The molecule has 0 radical (unpaired) electrons. The Balaban J connectivity index is 0.00000272. The fourth-order valence-electron chi connectivity index (χ4n) is 3.30. The molecule has 0 unspecified atom stereocenters. The van der Waals surface area contributed by atoms with Crippen molar-refractivity contribution in [3.8, 4) is 16.9 Å². The Hall–Kier alpha value is -4.37. The number of imidazole rings is 1. The number of benzene rings is 3. The quantitative estimate of drug-likeness (QED) is 0.333. The smallest absolute Gasteiger partial charge is 0.449 e. The molecule has 0 spiro atoms. The van der Waals surface area contributed by atoms with Gasteiger partial charge in [-0.05, 0) is 29.3 Å². The number of rotatable bonds is 5. The number of nitrogens with two attached hydrogens (primary N) is 1. The average molecular weight is 420 g/mol. The molecule has 0 fully saturated rings. The summed E-state index contributed by atoms with van der Waals surface area (Å²) in [5, 5.41) is 11.5. The first-order chi connectivity index (χ1) is 14.5. The fraction of sp³-hybridized carbons (Fsp3) is 0.0455. The number of urea groups is 1. The summed E-state index contributed by atoms with van der Waals surface area (Å²) in [6.07, 6.45) is -1.36.